The molecule has 0 radical (unpaired) electrons. The summed E-state index contributed by atoms with van der Waals surface area (Å²) in [5.41, 5.74) is 0.865. The van der Waals surface area contributed by atoms with Gasteiger partial charge in [0.25, 0.3) is 0 Å². The molecule has 0 aliphatic heterocycles. The van der Waals surface area contributed by atoms with Crippen molar-refractivity contribution in [2.24, 2.45) is 0 Å². The van der Waals surface area contributed by atoms with Crippen LogP contribution in [0.3, 0.4) is 0 Å². The van der Waals surface area contributed by atoms with E-state index in [0.717, 1.165) is 0 Å². The number of ether oxygens (including phenoxy) is 2. The highest BCUT2D eigenvalue weighted by molar-refractivity contribution is 6.31. The van der Waals surface area contributed by atoms with Crippen LogP contribution in [0.5, 0.6) is 11.8 Å². The van der Waals surface area contributed by atoms with E-state index in [2.05, 4.69) is 9.97 Å². The predicted molar refractivity (Wildman–Crippen MR) is 75.2 cm³/mol. The summed E-state index contributed by atoms with van der Waals surface area (Å²) in [5.74, 6) is 0.0164. The summed E-state index contributed by atoms with van der Waals surface area (Å²) in [6.07, 6.45) is 0.561. The number of hydrogen-bond acceptors (Lipinski definition) is 5. The number of aliphatic hydroxyl groups is 1. The van der Waals surface area contributed by atoms with Crippen molar-refractivity contribution < 1.29 is 19.0 Å². The van der Waals surface area contributed by atoms with E-state index in [1.807, 2.05) is 0 Å². The molecule has 1 atom stereocenters. The first-order valence-corrected chi connectivity index (χ1v) is 6.50. The summed E-state index contributed by atoms with van der Waals surface area (Å²) < 4.78 is 23.0. The summed E-state index contributed by atoms with van der Waals surface area (Å²) in [4.78, 5) is 8.13. The van der Waals surface area contributed by atoms with Gasteiger partial charge in [-0.3, -0.25) is 0 Å². The number of methoxy groups -OCH3 is 2. The van der Waals surface area contributed by atoms with Gasteiger partial charge >= 0.3 is 0 Å². The first-order chi connectivity index (χ1) is 10.0. The zero-order valence-electron chi connectivity index (χ0n) is 11.5. The van der Waals surface area contributed by atoms with Crippen LogP contribution in [0.4, 0.5) is 4.39 Å². The fraction of sp³-hybridized carbons (Fsp3) is 0.286. The van der Waals surface area contributed by atoms with Crippen molar-refractivity contribution in [2.75, 3.05) is 14.2 Å². The summed E-state index contributed by atoms with van der Waals surface area (Å²) in [6, 6.07) is 4.00. The van der Waals surface area contributed by atoms with Crippen LogP contribution in [-0.2, 0) is 6.42 Å². The van der Waals surface area contributed by atoms with E-state index >= 15 is 0 Å². The summed E-state index contributed by atoms with van der Waals surface area (Å²) in [6.45, 7) is 0. The number of nitrogens with zero attached hydrogens (tertiary/aromatic N) is 2. The van der Waals surface area contributed by atoms with Gasteiger partial charge in [-0.05, 0) is 17.7 Å². The molecule has 0 aliphatic carbocycles. The molecule has 112 valence electrons. The Hall–Kier alpha value is -1.92. The minimum Gasteiger partial charge on any atom is -0.480 e. The van der Waals surface area contributed by atoms with E-state index in [9.17, 15) is 9.50 Å². The summed E-state index contributed by atoms with van der Waals surface area (Å²) in [7, 11) is 2.88. The van der Waals surface area contributed by atoms with Crippen LogP contribution in [0.15, 0.2) is 24.4 Å². The smallest absolute Gasteiger partial charge is 0.241 e. The van der Waals surface area contributed by atoms with Gasteiger partial charge in [0.15, 0.2) is 0 Å². The molecule has 7 heteroatoms. The van der Waals surface area contributed by atoms with Crippen LogP contribution in [0.1, 0.15) is 17.4 Å². The van der Waals surface area contributed by atoms with Gasteiger partial charge in [-0.25, -0.2) is 9.37 Å². The highest BCUT2D eigenvalue weighted by Crippen LogP contribution is 2.28. The lowest BCUT2D eigenvalue weighted by Gasteiger charge is -2.14. The molecular formula is C14H14ClFN2O3. The second-order valence-corrected chi connectivity index (χ2v) is 4.67. The molecule has 1 N–H and O–H groups in total. The van der Waals surface area contributed by atoms with Gasteiger partial charge in [-0.1, -0.05) is 17.7 Å². The molecule has 2 rings (SSSR count). The Kier molecular flexibility index (Phi) is 4.93. The molecule has 2 aromatic rings. The molecule has 0 saturated carbocycles. The third kappa shape index (κ3) is 3.59. The lowest BCUT2D eigenvalue weighted by Crippen LogP contribution is -2.09. The number of aromatic nitrogens is 2. The molecular weight excluding hydrogens is 299 g/mol. The average molecular weight is 313 g/mol. The standard InChI is InChI=1S/C14H14ClFN2O3/c1-20-12-7-17-13(14(18-12)21-2)11(19)5-8-3-4-9(16)6-10(8)15/h3-4,6-7,11,19H,5H2,1-2H3. The van der Waals surface area contributed by atoms with Gasteiger partial charge in [0.2, 0.25) is 11.8 Å². The Balaban J connectivity index is 2.25. The van der Waals surface area contributed by atoms with Gasteiger partial charge in [-0.15, -0.1) is 0 Å². The minimum atomic E-state index is -0.985. The van der Waals surface area contributed by atoms with Crippen molar-refractivity contribution in [1.82, 2.24) is 9.97 Å². The second-order valence-electron chi connectivity index (χ2n) is 4.26. The lowest BCUT2D eigenvalue weighted by atomic mass is 10.1. The second kappa shape index (κ2) is 6.69. The molecule has 5 nitrogen and oxygen atoms in total. The lowest BCUT2D eigenvalue weighted by molar-refractivity contribution is 0.167. The molecule has 0 fully saturated rings. The first kappa shape index (κ1) is 15.5. The number of aliphatic hydroxyl groups excluding tert-OH is 1. The van der Waals surface area contributed by atoms with Gasteiger partial charge in [-0.2, -0.15) is 4.98 Å². The van der Waals surface area contributed by atoms with Crippen molar-refractivity contribution in [1.29, 1.82) is 0 Å². The zero-order valence-corrected chi connectivity index (χ0v) is 12.3. The van der Waals surface area contributed by atoms with E-state index in [4.69, 9.17) is 21.1 Å². The van der Waals surface area contributed by atoms with E-state index < -0.39 is 11.9 Å². The Morgan fingerprint density at radius 1 is 1.33 bits per heavy atom. The maximum Gasteiger partial charge on any atom is 0.241 e. The molecule has 0 aliphatic rings. The molecule has 1 unspecified atom stereocenters. The van der Waals surface area contributed by atoms with Crippen molar-refractivity contribution in [2.45, 2.75) is 12.5 Å². The maximum atomic E-state index is 13.0. The summed E-state index contributed by atoms with van der Waals surface area (Å²) in [5, 5.41) is 10.5. The zero-order chi connectivity index (χ0) is 15.4. The quantitative estimate of drug-likeness (QED) is 0.919. The van der Waals surface area contributed by atoms with Gasteiger partial charge in [0.1, 0.15) is 17.6 Å². The third-order valence-electron chi connectivity index (χ3n) is 2.89. The molecule has 0 amide bonds. The highest BCUT2D eigenvalue weighted by Gasteiger charge is 2.19. The van der Waals surface area contributed by atoms with Crippen LogP contribution in [-0.4, -0.2) is 29.3 Å². The van der Waals surface area contributed by atoms with E-state index in [1.54, 1.807) is 0 Å². The first-order valence-electron chi connectivity index (χ1n) is 6.12. The minimum absolute atomic E-state index is 0.163. The maximum absolute atomic E-state index is 13.0. The summed E-state index contributed by atoms with van der Waals surface area (Å²) >= 11 is 5.94. The average Bonchev–Trinajstić information content (AvgIpc) is 2.49. The molecule has 0 saturated heterocycles. The molecule has 0 bridgehead atoms. The Labute approximate surface area is 126 Å². The van der Waals surface area contributed by atoms with Crippen molar-refractivity contribution in [3.05, 3.63) is 46.5 Å². The Morgan fingerprint density at radius 3 is 2.71 bits per heavy atom. The Bertz CT molecular complexity index is 640. The van der Waals surface area contributed by atoms with Gasteiger partial charge in [0, 0.05) is 11.4 Å². The van der Waals surface area contributed by atoms with Crippen molar-refractivity contribution >= 4 is 11.6 Å². The van der Waals surface area contributed by atoms with Crippen LogP contribution in [0.25, 0.3) is 0 Å². The monoisotopic (exact) mass is 312 g/mol. The molecule has 1 aromatic heterocycles. The van der Waals surface area contributed by atoms with Crippen LogP contribution < -0.4 is 9.47 Å². The van der Waals surface area contributed by atoms with E-state index in [-0.39, 0.29) is 28.9 Å². The topological polar surface area (TPSA) is 64.5 Å². The SMILES string of the molecule is COc1cnc(C(O)Cc2ccc(F)cc2Cl)c(OC)n1. The van der Waals surface area contributed by atoms with E-state index in [0.29, 0.717) is 5.56 Å². The van der Waals surface area contributed by atoms with E-state index in [1.165, 1.54) is 38.6 Å². The predicted octanol–water partition coefficient (Wildman–Crippen LogP) is 2.56. The molecule has 21 heavy (non-hydrogen) atoms. The van der Waals surface area contributed by atoms with Gasteiger partial charge < -0.3 is 14.6 Å². The molecule has 1 aromatic carbocycles. The van der Waals surface area contributed by atoms with Gasteiger partial charge in [0.05, 0.1) is 20.4 Å². The van der Waals surface area contributed by atoms with Crippen LogP contribution >= 0.6 is 11.6 Å². The van der Waals surface area contributed by atoms with Crippen molar-refractivity contribution in [3.63, 3.8) is 0 Å². The Morgan fingerprint density at radius 2 is 2.10 bits per heavy atom. The largest absolute Gasteiger partial charge is 0.480 e. The van der Waals surface area contributed by atoms with Crippen LogP contribution in [0.2, 0.25) is 5.02 Å². The molecule has 0 spiro atoms. The third-order valence-corrected chi connectivity index (χ3v) is 3.24. The molecule has 1 heterocycles. The van der Waals surface area contributed by atoms with Crippen molar-refractivity contribution in [3.8, 4) is 11.8 Å². The highest BCUT2D eigenvalue weighted by atomic mass is 35.5. The number of rotatable bonds is 5. The fourth-order valence-electron chi connectivity index (χ4n) is 1.84. The number of benzene rings is 1. The van der Waals surface area contributed by atoms with Crippen LogP contribution in [0, 0.1) is 5.82 Å². The number of halogens is 2. The fourth-order valence-corrected chi connectivity index (χ4v) is 2.08. The number of hydrogen-bond donors (Lipinski definition) is 1. The normalized spacial score (nSPS) is 12.0.